The number of amides is 2. The maximum Gasteiger partial charge on any atom is 0.322 e. The van der Waals surface area contributed by atoms with Gasteiger partial charge in [-0.1, -0.05) is 60.2 Å². The van der Waals surface area contributed by atoms with Crippen LogP contribution in [0.3, 0.4) is 0 Å². The number of benzene rings is 3. The van der Waals surface area contributed by atoms with Gasteiger partial charge in [0.05, 0.1) is 19.9 Å². The van der Waals surface area contributed by atoms with Crippen molar-refractivity contribution in [2.24, 2.45) is 0 Å². The van der Waals surface area contributed by atoms with Gasteiger partial charge in [0.1, 0.15) is 17.3 Å². The van der Waals surface area contributed by atoms with Crippen molar-refractivity contribution in [1.82, 2.24) is 14.9 Å². The van der Waals surface area contributed by atoms with E-state index in [4.69, 9.17) is 19.4 Å². The summed E-state index contributed by atoms with van der Waals surface area (Å²) in [4.78, 5) is 27.3. The van der Waals surface area contributed by atoms with Gasteiger partial charge in [0.2, 0.25) is 0 Å². The second kappa shape index (κ2) is 12.1. The van der Waals surface area contributed by atoms with Gasteiger partial charge in [0.25, 0.3) is 0 Å². The Hall–Kier alpha value is -4.59. The number of nitrogens with zero attached hydrogens (tertiary/aromatic N) is 4. The number of carbonyl (C=O) groups is 1. The van der Waals surface area contributed by atoms with Crippen LogP contribution in [0.25, 0.3) is 11.4 Å². The van der Waals surface area contributed by atoms with E-state index in [-0.39, 0.29) is 6.03 Å². The van der Waals surface area contributed by atoms with E-state index in [1.165, 1.54) is 11.1 Å². The molecule has 1 aliphatic rings. The van der Waals surface area contributed by atoms with Crippen LogP contribution in [0, 0.1) is 13.8 Å². The van der Waals surface area contributed by atoms with E-state index < -0.39 is 0 Å². The minimum absolute atomic E-state index is 0.160. The van der Waals surface area contributed by atoms with E-state index in [9.17, 15) is 4.79 Å². The molecule has 8 heteroatoms. The van der Waals surface area contributed by atoms with Gasteiger partial charge in [-0.15, -0.1) is 0 Å². The topological polar surface area (TPSA) is 79.8 Å². The van der Waals surface area contributed by atoms with Crippen molar-refractivity contribution >= 4 is 17.5 Å². The van der Waals surface area contributed by atoms with Crippen LogP contribution in [0.4, 0.5) is 16.3 Å². The number of carbonyl (C=O) groups excluding carboxylic acids is 1. The Morgan fingerprint density at radius 3 is 2.27 bits per heavy atom. The molecular formula is C32H35N5O3. The molecule has 1 aromatic heterocycles. The third-order valence-electron chi connectivity index (χ3n) is 7.24. The maximum atomic E-state index is 13.1. The fraction of sp³-hybridized carbons (Fsp3) is 0.281. The first-order valence-electron chi connectivity index (χ1n) is 13.5. The van der Waals surface area contributed by atoms with Gasteiger partial charge in [-0.2, -0.15) is 0 Å². The zero-order valence-corrected chi connectivity index (χ0v) is 23.5. The van der Waals surface area contributed by atoms with Crippen molar-refractivity contribution in [3.63, 3.8) is 0 Å². The summed E-state index contributed by atoms with van der Waals surface area (Å²) in [7, 11) is 3.17. The molecule has 40 heavy (non-hydrogen) atoms. The Kier molecular flexibility index (Phi) is 8.15. The monoisotopic (exact) mass is 537 g/mol. The molecule has 0 atom stereocenters. The van der Waals surface area contributed by atoms with Crippen molar-refractivity contribution in [3.05, 3.63) is 95.2 Å². The molecule has 1 N–H and O–H groups in total. The summed E-state index contributed by atoms with van der Waals surface area (Å²) in [6, 6.07) is 23.9. The number of urea groups is 1. The molecule has 4 aromatic rings. The second-order valence-electron chi connectivity index (χ2n) is 9.93. The van der Waals surface area contributed by atoms with Crippen molar-refractivity contribution in [2.75, 3.05) is 50.6 Å². The van der Waals surface area contributed by atoms with Gasteiger partial charge >= 0.3 is 6.03 Å². The van der Waals surface area contributed by atoms with Crippen LogP contribution in [0.1, 0.15) is 22.4 Å². The zero-order chi connectivity index (χ0) is 28.1. The van der Waals surface area contributed by atoms with Crippen molar-refractivity contribution < 1.29 is 14.3 Å². The quantitative estimate of drug-likeness (QED) is 0.325. The Labute approximate surface area is 235 Å². The maximum absolute atomic E-state index is 13.1. The lowest BCUT2D eigenvalue weighted by molar-refractivity contribution is 0.208. The summed E-state index contributed by atoms with van der Waals surface area (Å²) < 4.78 is 10.7. The fourth-order valence-electron chi connectivity index (χ4n) is 4.90. The Morgan fingerprint density at radius 1 is 0.875 bits per heavy atom. The molecule has 0 spiro atoms. The van der Waals surface area contributed by atoms with Crippen LogP contribution in [0.2, 0.25) is 0 Å². The highest BCUT2D eigenvalue weighted by atomic mass is 16.5. The van der Waals surface area contributed by atoms with Crippen LogP contribution in [0.5, 0.6) is 11.5 Å². The molecule has 3 aromatic carbocycles. The summed E-state index contributed by atoms with van der Waals surface area (Å²) in [5, 5.41) is 2.99. The highest BCUT2D eigenvalue weighted by Gasteiger charge is 2.26. The van der Waals surface area contributed by atoms with Gasteiger partial charge in [-0.25, -0.2) is 14.8 Å². The molecule has 1 fully saturated rings. The van der Waals surface area contributed by atoms with Gasteiger partial charge in [-0.3, -0.25) is 0 Å². The number of methoxy groups -OCH3 is 2. The molecule has 1 saturated heterocycles. The highest BCUT2D eigenvalue weighted by Crippen LogP contribution is 2.31. The van der Waals surface area contributed by atoms with Crippen molar-refractivity contribution in [1.29, 1.82) is 0 Å². The van der Waals surface area contributed by atoms with E-state index in [2.05, 4.69) is 72.6 Å². The first-order chi connectivity index (χ1) is 19.4. The molecule has 0 aliphatic carbocycles. The highest BCUT2D eigenvalue weighted by molar-refractivity contribution is 5.91. The van der Waals surface area contributed by atoms with Crippen LogP contribution >= 0.6 is 0 Å². The van der Waals surface area contributed by atoms with Crippen molar-refractivity contribution in [2.45, 2.75) is 20.3 Å². The van der Waals surface area contributed by atoms with E-state index in [1.54, 1.807) is 32.4 Å². The number of aryl methyl sites for hydroxylation is 2. The molecule has 0 radical (unpaired) electrons. The lowest BCUT2D eigenvalue weighted by atomic mass is 10.0. The number of piperazine rings is 1. The minimum atomic E-state index is -0.160. The number of rotatable bonds is 7. The molecule has 0 saturated carbocycles. The number of nitrogens with one attached hydrogen (secondary N) is 1. The summed E-state index contributed by atoms with van der Waals surface area (Å²) in [6.45, 7) is 6.60. The number of hydrogen-bond donors (Lipinski definition) is 1. The summed E-state index contributed by atoms with van der Waals surface area (Å²) in [6.07, 6.45) is 0.744. The van der Waals surface area contributed by atoms with E-state index >= 15 is 0 Å². The van der Waals surface area contributed by atoms with Crippen LogP contribution in [-0.4, -0.2) is 61.3 Å². The molecule has 5 rings (SSSR count). The summed E-state index contributed by atoms with van der Waals surface area (Å²) >= 11 is 0. The van der Waals surface area contributed by atoms with Crippen molar-refractivity contribution in [3.8, 4) is 22.9 Å². The minimum Gasteiger partial charge on any atom is -0.497 e. The number of aromatic nitrogens is 2. The average Bonchev–Trinajstić information content (AvgIpc) is 2.99. The molecular weight excluding hydrogens is 502 g/mol. The predicted octanol–water partition coefficient (Wildman–Crippen LogP) is 5.72. The summed E-state index contributed by atoms with van der Waals surface area (Å²) in [5.74, 6) is 2.87. The molecule has 2 heterocycles. The third-order valence-corrected chi connectivity index (χ3v) is 7.24. The number of ether oxygens (including phenoxy) is 2. The molecule has 8 nitrogen and oxygen atoms in total. The van der Waals surface area contributed by atoms with E-state index in [1.807, 2.05) is 11.0 Å². The Bertz CT molecular complexity index is 1470. The molecule has 1 aliphatic heterocycles. The SMILES string of the molecule is COc1ccc(NC(=O)N2CCN(c3nc(-c4ccc(C)cc4)nc(C)c3Cc3ccccc3)CC2)c(OC)c1. The smallest absolute Gasteiger partial charge is 0.322 e. The van der Waals surface area contributed by atoms with E-state index in [0.717, 1.165) is 34.9 Å². The van der Waals surface area contributed by atoms with E-state index in [0.29, 0.717) is 43.4 Å². The first kappa shape index (κ1) is 27.0. The summed E-state index contributed by atoms with van der Waals surface area (Å²) in [5.41, 5.74) is 6.09. The van der Waals surface area contributed by atoms with Crippen LogP contribution in [0.15, 0.2) is 72.8 Å². The van der Waals surface area contributed by atoms with Crippen LogP contribution < -0.4 is 19.7 Å². The first-order valence-corrected chi connectivity index (χ1v) is 13.5. The molecule has 206 valence electrons. The van der Waals surface area contributed by atoms with Gasteiger partial charge in [-0.05, 0) is 31.5 Å². The predicted molar refractivity (Wildman–Crippen MR) is 159 cm³/mol. The Morgan fingerprint density at radius 2 is 1.60 bits per heavy atom. The normalized spacial score (nSPS) is 13.2. The lowest BCUT2D eigenvalue weighted by Gasteiger charge is -2.36. The standard InChI is InChI=1S/C32H35N5O3/c1-22-10-12-25(13-11-22)30-33-23(2)27(20-24-8-6-5-7-9-24)31(35-30)36-16-18-37(19-17-36)32(38)34-28-15-14-26(39-3)21-29(28)40-4/h5-15,21H,16-20H2,1-4H3,(H,34,38). The second-order valence-corrected chi connectivity index (χ2v) is 9.93. The molecule has 0 bridgehead atoms. The number of anilines is 2. The van der Waals surface area contributed by atoms with Gasteiger partial charge in [0, 0.05) is 55.5 Å². The largest absolute Gasteiger partial charge is 0.497 e. The van der Waals surface area contributed by atoms with Crippen LogP contribution in [-0.2, 0) is 6.42 Å². The average molecular weight is 538 g/mol. The Balaban J connectivity index is 1.37. The lowest BCUT2D eigenvalue weighted by Crippen LogP contribution is -2.50. The number of hydrogen-bond acceptors (Lipinski definition) is 6. The molecule has 0 unspecified atom stereocenters. The zero-order valence-electron chi connectivity index (χ0n) is 23.5. The third kappa shape index (κ3) is 6.01. The van der Waals surface area contributed by atoms with Gasteiger partial charge < -0.3 is 24.6 Å². The fourth-order valence-corrected chi connectivity index (χ4v) is 4.90. The molecule has 2 amide bonds. The van der Waals surface area contributed by atoms with Gasteiger partial charge in [0.15, 0.2) is 5.82 Å².